The van der Waals surface area contributed by atoms with Gasteiger partial charge in [-0.1, -0.05) is 18.2 Å². The van der Waals surface area contributed by atoms with Gasteiger partial charge in [-0.3, -0.25) is 10.1 Å². The highest BCUT2D eigenvalue weighted by Gasteiger charge is 2.18. The van der Waals surface area contributed by atoms with Crippen LogP contribution in [0.3, 0.4) is 0 Å². The molecule has 2 N–H and O–H groups in total. The van der Waals surface area contributed by atoms with Crippen LogP contribution >= 0.6 is 0 Å². The summed E-state index contributed by atoms with van der Waals surface area (Å²) in [7, 11) is 1.59. The third-order valence-electron chi connectivity index (χ3n) is 3.95. The molecule has 1 amide bonds. The average Bonchev–Trinajstić information content (AvgIpc) is 2.59. The van der Waals surface area contributed by atoms with Crippen molar-refractivity contribution in [2.24, 2.45) is 0 Å². The van der Waals surface area contributed by atoms with Crippen LogP contribution in [-0.4, -0.2) is 19.1 Å². The number of methoxy groups -OCH3 is 1. The molecule has 0 fully saturated rings. The van der Waals surface area contributed by atoms with E-state index in [0.29, 0.717) is 12.1 Å². The van der Waals surface area contributed by atoms with Crippen molar-refractivity contribution in [1.29, 1.82) is 0 Å². The Morgan fingerprint density at radius 3 is 2.40 bits per heavy atom. The Hall–Kier alpha value is -2.47. The first-order valence-electron chi connectivity index (χ1n) is 8.02. The molecule has 6 heteroatoms. The van der Waals surface area contributed by atoms with Gasteiger partial charge in [0.25, 0.3) is 0 Å². The molecule has 0 aromatic heterocycles. The minimum Gasteiger partial charge on any atom is -0.497 e. The smallest absolute Gasteiger partial charge is 0.237 e. The molecule has 2 atom stereocenters. The first-order valence-corrected chi connectivity index (χ1v) is 8.02. The molecule has 2 aromatic carbocycles. The van der Waals surface area contributed by atoms with Gasteiger partial charge in [-0.25, -0.2) is 8.78 Å². The largest absolute Gasteiger partial charge is 0.497 e. The fourth-order valence-electron chi connectivity index (χ4n) is 2.48. The average molecular weight is 348 g/mol. The van der Waals surface area contributed by atoms with Crippen LogP contribution in [0.4, 0.5) is 8.78 Å². The Morgan fingerprint density at radius 1 is 1.12 bits per heavy atom. The molecule has 0 bridgehead atoms. The highest BCUT2D eigenvalue weighted by atomic mass is 19.1. The van der Waals surface area contributed by atoms with Crippen molar-refractivity contribution < 1.29 is 18.3 Å². The molecule has 2 rings (SSSR count). The van der Waals surface area contributed by atoms with Crippen LogP contribution < -0.4 is 15.4 Å². The van der Waals surface area contributed by atoms with Crippen LogP contribution in [0.1, 0.15) is 31.0 Å². The number of benzene rings is 2. The SMILES string of the molecule is COc1ccc(CNC(=O)[C@@H](C)N[C@@H](C)c2ccc(F)cc2F)cc1. The quantitative estimate of drug-likeness (QED) is 0.807. The number of hydrogen-bond donors (Lipinski definition) is 2. The van der Waals surface area contributed by atoms with E-state index >= 15 is 0 Å². The number of nitrogens with one attached hydrogen (secondary N) is 2. The molecule has 0 aliphatic heterocycles. The molecule has 0 spiro atoms. The predicted molar refractivity (Wildman–Crippen MR) is 92.2 cm³/mol. The maximum Gasteiger partial charge on any atom is 0.237 e. The van der Waals surface area contributed by atoms with E-state index in [1.54, 1.807) is 21.0 Å². The van der Waals surface area contributed by atoms with Crippen molar-refractivity contribution in [3.05, 3.63) is 65.2 Å². The second-order valence-corrected chi connectivity index (χ2v) is 5.84. The van der Waals surface area contributed by atoms with Gasteiger partial charge in [-0.05, 0) is 37.6 Å². The van der Waals surface area contributed by atoms with Gasteiger partial charge in [0.1, 0.15) is 17.4 Å². The number of ether oxygens (including phenoxy) is 1. The maximum absolute atomic E-state index is 13.8. The second kappa shape index (κ2) is 8.58. The normalized spacial score (nSPS) is 13.2. The zero-order valence-electron chi connectivity index (χ0n) is 14.5. The summed E-state index contributed by atoms with van der Waals surface area (Å²) >= 11 is 0. The summed E-state index contributed by atoms with van der Waals surface area (Å²) in [6.07, 6.45) is 0. The van der Waals surface area contributed by atoms with E-state index in [9.17, 15) is 13.6 Å². The lowest BCUT2D eigenvalue weighted by Crippen LogP contribution is -2.43. The number of carbonyl (C=O) groups excluding carboxylic acids is 1. The lowest BCUT2D eigenvalue weighted by atomic mass is 10.1. The van der Waals surface area contributed by atoms with E-state index in [0.717, 1.165) is 17.4 Å². The standard InChI is InChI=1S/C19H22F2N2O2/c1-12(17-9-6-15(20)10-18(17)21)23-13(2)19(24)22-11-14-4-7-16(25-3)8-5-14/h4-10,12-13,23H,11H2,1-3H3,(H,22,24)/t12-,13+/m0/s1. The van der Waals surface area contributed by atoms with Crippen LogP contribution in [0.15, 0.2) is 42.5 Å². The first-order chi connectivity index (χ1) is 11.9. The minimum atomic E-state index is -0.633. The van der Waals surface area contributed by atoms with Crippen molar-refractivity contribution in [3.8, 4) is 5.75 Å². The Labute approximate surface area is 146 Å². The Balaban J connectivity index is 1.88. The molecule has 0 aliphatic carbocycles. The van der Waals surface area contributed by atoms with Gasteiger partial charge in [0.2, 0.25) is 5.91 Å². The van der Waals surface area contributed by atoms with Gasteiger partial charge in [0, 0.05) is 24.2 Å². The maximum atomic E-state index is 13.8. The summed E-state index contributed by atoms with van der Waals surface area (Å²) in [5.41, 5.74) is 1.26. The Bertz CT molecular complexity index is 720. The van der Waals surface area contributed by atoms with Gasteiger partial charge in [-0.2, -0.15) is 0 Å². The van der Waals surface area contributed by atoms with E-state index in [4.69, 9.17) is 4.74 Å². The van der Waals surface area contributed by atoms with Gasteiger partial charge in [0.15, 0.2) is 0 Å². The monoisotopic (exact) mass is 348 g/mol. The minimum absolute atomic E-state index is 0.204. The molecular weight excluding hydrogens is 326 g/mol. The van der Waals surface area contributed by atoms with Gasteiger partial charge >= 0.3 is 0 Å². The van der Waals surface area contributed by atoms with Crippen LogP contribution in [0.2, 0.25) is 0 Å². The Morgan fingerprint density at radius 2 is 1.80 bits per heavy atom. The first kappa shape index (κ1) is 18.9. The van der Waals surface area contributed by atoms with Gasteiger partial charge in [0.05, 0.1) is 13.2 Å². The number of amides is 1. The van der Waals surface area contributed by atoms with Crippen LogP contribution in [0, 0.1) is 11.6 Å². The van der Waals surface area contributed by atoms with Crippen molar-refractivity contribution >= 4 is 5.91 Å². The van der Waals surface area contributed by atoms with E-state index in [2.05, 4.69) is 10.6 Å². The molecule has 2 aromatic rings. The number of carbonyl (C=O) groups is 1. The summed E-state index contributed by atoms with van der Waals surface area (Å²) in [6, 6.07) is 9.84. The summed E-state index contributed by atoms with van der Waals surface area (Å²) in [6.45, 7) is 3.80. The van der Waals surface area contributed by atoms with E-state index < -0.39 is 23.7 Å². The van der Waals surface area contributed by atoms with Crippen LogP contribution in [0.25, 0.3) is 0 Å². The molecule has 25 heavy (non-hydrogen) atoms. The van der Waals surface area contributed by atoms with Crippen molar-refractivity contribution in [3.63, 3.8) is 0 Å². The molecule has 0 aliphatic rings. The van der Waals surface area contributed by atoms with Gasteiger partial charge in [-0.15, -0.1) is 0 Å². The molecule has 134 valence electrons. The molecule has 0 radical (unpaired) electrons. The lowest BCUT2D eigenvalue weighted by molar-refractivity contribution is -0.123. The summed E-state index contributed by atoms with van der Waals surface area (Å²) in [4.78, 5) is 12.2. The lowest BCUT2D eigenvalue weighted by Gasteiger charge is -2.20. The molecule has 0 saturated heterocycles. The fraction of sp³-hybridized carbons (Fsp3) is 0.316. The van der Waals surface area contributed by atoms with Crippen LogP contribution in [-0.2, 0) is 11.3 Å². The summed E-state index contributed by atoms with van der Waals surface area (Å²) < 4.78 is 31.9. The number of halogens is 2. The van der Waals surface area contributed by atoms with Crippen molar-refractivity contribution in [2.75, 3.05) is 7.11 Å². The number of hydrogen-bond acceptors (Lipinski definition) is 3. The highest BCUT2D eigenvalue weighted by Crippen LogP contribution is 2.18. The zero-order valence-corrected chi connectivity index (χ0v) is 14.5. The van der Waals surface area contributed by atoms with E-state index in [-0.39, 0.29) is 5.91 Å². The third-order valence-corrected chi connectivity index (χ3v) is 3.95. The Kier molecular flexibility index (Phi) is 6.47. The third kappa shape index (κ3) is 5.26. The van der Waals surface area contributed by atoms with Crippen molar-refractivity contribution in [1.82, 2.24) is 10.6 Å². The van der Waals surface area contributed by atoms with Crippen molar-refractivity contribution in [2.45, 2.75) is 32.5 Å². The molecule has 0 heterocycles. The summed E-state index contributed by atoms with van der Waals surface area (Å²) in [5, 5.41) is 5.84. The number of rotatable bonds is 7. The van der Waals surface area contributed by atoms with Crippen LogP contribution in [0.5, 0.6) is 5.75 Å². The molecule has 0 saturated carbocycles. The topological polar surface area (TPSA) is 50.4 Å². The summed E-state index contributed by atoms with van der Waals surface area (Å²) in [5.74, 6) is -0.713. The highest BCUT2D eigenvalue weighted by molar-refractivity contribution is 5.81. The fourth-order valence-corrected chi connectivity index (χ4v) is 2.48. The van der Waals surface area contributed by atoms with E-state index in [1.165, 1.54) is 12.1 Å². The van der Waals surface area contributed by atoms with Gasteiger partial charge < -0.3 is 10.1 Å². The zero-order chi connectivity index (χ0) is 18.4. The van der Waals surface area contributed by atoms with E-state index in [1.807, 2.05) is 24.3 Å². The molecular formula is C19H22F2N2O2. The second-order valence-electron chi connectivity index (χ2n) is 5.84. The molecule has 0 unspecified atom stereocenters. The molecule has 4 nitrogen and oxygen atoms in total. The predicted octanol–water partition coefficient (Wildman–Crippen LogP) is 3.33.